The van der Waals surface area contributed by atoms with Gasteiger partial charge in [0, 0.05) is 50.4 Å². The van der Waals surface area contributed by atoms with Gasteiger partial charge in [0.15, 0.2) is 0 Å². The van der Waals surface area contributed by atoms with Crippen LogP contribution in [0.2, 0.25) is 0 Å². The zero-order chi connectivity index (χ0) is 16.9. The molecule has 1 aliphatic heterocycles. The summed E-state index contributed by atoms with van der Waals surface area (Å²) in [5, 5.41) is 11.9. The number of nitrogens with zero attached hydrogens (tertiary/aromatic N) is 4. The molecule has 0 aliphatic carbocycles. The third-order valence-corrected chi connectivity index (χ3v) is 4.15. The van der Waals surface area contributed by atoms with Gasteiger partial charge in [-0.05, 0) is 32.3 Å². The molecule has 0 amide bonds. The van der Waals surface area contributed by atoms with Crippen molar-refractivity contribution in [3.8, 4) is 11.3 Å². The number of rotatable bonds is 5. The van der Waals surface area contributed by atoms with Crippen molar-refractivity contribution in [2.24, 2.45) is 0 Å². The quantitative estimate of drug-likeness (QED) is 0.905. The average molecular weight is 329 g/mol. The van der Waals surface area contributed by atoms with Gasteiger partial charge in [-0.3, -0.25) is 4.90 Å². The molecule has 0 radical (unpaired) electrons. The van der Waals surface area contributed by atoms with Crippen molar-refractivity contribution >= 4 is 0 Å². The molecular weight excluding hydrogens is 305 g/mol. The zero-order valence-electron chi connectivity index (χ0n) is 14.3. The van der Waals surface area contributed by atoms with E-state index in [4.69, 9.17) is 0 Å². The monoisotopic (exact) mass is 329 g/mol. The molecule has 0 unspecified atom stereocenters. The van der Waals surface area contributed by atoms with Gasteiger partial charge in [0.2, 0.25) is 0 Å². The van der Waals surface area contributed by atoms with Crippen LogP contribution < -0.4 is 5.32 Å². The van der Waals surface area contributed by atoms with Crippen molar-refractivity contribution in [1.82, 2.24) is 25.3 Å². The number of aromatic nitrogens is 2. The lowest BCUT2D eigenvalue weighted by molar-refractivity contribution is 0.230. The van der Waals surface area contributed by atoms with Gasteiger partial charge >= 0.3 is 0 Å². The first-order chi connectivity index (χ1) is 11.6. The number of piperazine rings is 1. The van der Waals surface area contributed by atoms with Gasteiger partial charge in [0.1, 0.15) is 5.82 Å². The molecule has 24 heavy (non-hydrogen) atoms. The van der Waals surface area contributed by atoms with E-state index in [0.29, 0.717) is 17.8 Å². The highest BCUT2D eigenvalue weighted by molar-refractivity contribution is 5.59. The lowest BCUT2D eigenvalue weighted by Crippen LogP contribution is -2.43. The molecule has 0 spiro atoms. The molecule has 0 bridgehead atoms. The molecule has 1 aliphatic rings. The molecule has 128 valence electrons. The first kappa shape index (κ1) is 17.0. The van der Waals surface area contributed by atoms with Gasteiger partial charge in [-0.2, -0.15) is 10.2 Å². The fraction of sp³-hybridized carbons (Fsp3) is 0.444. The lowest BCUT2D eigenvalue weighted by Gasteiger charge is -2.26. The van der Waals surface area contributed by atoms with Crippen molar-refractivity contribution < 1.29 is 4.39 Å². The standard InChI is InChI=1S/C18H24FN5/c1-23(2)12-15-4-3-14(11-17(15)19)18-6-5-16(21-22-18)13-24-9-7-20-8-10-24/h3-6,11,20H,7-10,12-13H2,1-2H3. The summed E-state index contributed by atoms with van der Waals surface area (Å²) in [6.07, 6.45) is 0. The molecule has 1 aromatic carbocycles. The molecule has 0 atom stereocenters. The number of halogens is 1. The Hall–Kier alpha value is -1.89. The van der Waals surface area contributed by atoms with E-state index in [0.717, 1.165) is 44.0 Å². The summed E-state index contributed by atoms with van der Waals surface area (Å²) in [7, 11) is 3.85. The van der Waals surface area contributed by atoms with E-state index in [1.165, 1.54) is 0 Å². The third kappa shape index (κ3) is 4.35. The van der Waals surface area contributed by atoms with Crippen LogP contribution in [0.4, 0.5) is 4.39 Å². The Bertz CT molecular complexity index is 666. The van der Waals surface area contributed by atoms with Crippen LogP contribution in [-0.2, 0) is 13.1 Å². The highest BCUT2D eigenvalue weighted by Gasteiger charge is 2.12. The predicted molar refractivity (Wildman–Crippen MR) is 93.0 cm³/mol. The first-order valence-electron chi connectivity index (χ1n) is 8.31. The Morgan fingerprint density at radius 1 is 1.12 bits per heavy atom. The number of benzene rings is 1. The fourth-order valence-electron chi connectivity index (χ4n) is 2.87. The fourth-order valence-corrected chi connectivity index (χ4v) is 2.87. The van der Waals surface area contributed by atoms with Crippen LogP contribution in [0.1, 0.15) is 11.3 Å². The smallest absolute Gasteiger partial charge is 0.128 e. The molecule has 2 heterocycles. The van der Waals surface area contributed by atoms with E-state index in [2.05, 4.69) is 20.4 Å². The molecule has 0 saturated carbocycles. The summed E-state index contributed by atoms with van der Waals surface area (Å²) in [6.45, 7) is 5.49. The minimum atomic E-state index is -0.201. The predicted octanol–water partition coefficient (Wildman–Crippen LogP) is 1.75. The van der Waals surface area contributed by atoms with Crippen LogP contribution in [0.5, 0.6) is 0 Å². The molecule has 3 rings (SSSR count). The summed E-state index contributed by atoms with van der Waals surface area (Å²) in [5.74, 6) is -0.201. The van der Waals surface area contributed by atoms with E-state index in [9.17, 15) is 4.39 Å². The van der Waals surface area contributed by atoms with E-state index in [1.807, 2.05) is 43.3 Å². The normalized spacial score (nSPS) is 15.8. The third-order valence-electron chi connectivity index (χ3n) is 4.15. The summed E-state index contributed by atoms with van der Waals surface area (Å²) in [6, 6.07) is 9.17. The molecule has 1 fully saturated rings. The SMILES string of the molecule is CN(C)Cc1ccc(-c2ccc(CN3CCNCC3)nn2)cc1F. The van der Waals surface area contributed by atoms with Crippen molar-refractivity contribution in [3.63, 3.8) is 0 Å². The second-order valence-electron chi connectivity index (χ2n) is 6.48. The van der Waals surface area contributed by atoms with Crippen molar-refractivity contribution in [2.45, 2.75) is 13.1 Å². The summed E-state index contributed by atoms with van der Waals surface area (Å²) >= 11 is 0. The van der Waals surface area contributed by atoms with Gasteiger partial charge in [-0.25, -0.2) is 4.39 Å². The highest BCUT2D eigenvalue weighted by Crippen LogP contribution is 2.20. The van der Waals surface area contributed by atoms with Gasteiger partial charge < -0.3 is 10.2 Å². The largest absolute Gasteiger partial charge is 0.314 e. The molecule has 2 aromatic rings. The molecule has 5 nitrogen and oxygen atoms in total. The van der Waals surface area contributed by atoms with E-state index in [-0.39, 0.29) is 5.82 Å². The second kappa shape index (κ2) is 7.79. The Labute approximate surface area is 142 Å². The Balaban J connectivity index is 1.69. The van der Waals surface area contributed by atoms with Crippen LogP contribution in [0.15, 0.2) is 30.3 Å². The minimum absolute atomic E-state index is 0.201. The van der Waals surface area contributed by atoms with Crippen LogP contribution in [0.3, 0.4) is 0 Å². The Morgan fingerprint density at radius 3 is 2.54 bits per heavy atom. The minimum Gasteiger partial charge on any atom is -0.314 e. The van der Waals surface area contributed by atoms with E-state index < -0.39 is 0 Å². The molecule has 1 saturated heterocycles. The van der Waals surface area contributed by atoms with Crippen molar-refractivity contribution in [2.75, 3.05) is 40.3 Å². The Morgan fingerprint density at radius 2 is 1.92 bits per heavy atom. The average Bonchev–Trinajstić information content (AvgIpc) is 2.58. The van der Waals surface area contributed by atoms with Gasteiger partial charge in [0.05, 0.1) is 11.4 Å². The van der Waals surface area contributed by atoms with Crippen LogP contribution >= 0.6 is 0 Å². The first-order valence-corrected chi connectivity index (χ1v) is 8.31. The van der Waals surface area contributed by atoms with Crippen LogP contribution in [0, 0.1) is 5.82 Å². The maximum atomic E-state index is 14.2. The maximum absolute atomic E-state index is 14.2. The van der Waals surface area contributed by atoms with Gasteiger partial charge in [-0.1, -0.05) is 12.1 Å². The van der Waals surface area contributed by atoms with Crippen LogP contribution in [0.25, 0.3) is 11.3 Å². The number of hydrogen-bond acceptors (Lipinski definition) is 5. The van der Waals surface area contributed by atoms with E-state index >= 15 is 0 Å². The summed E-state index contributed by atoms with van der Waals surface area (Å²) < 4.78 is 14.2. The zero-order valence-corrected chi connectivity index (χ0v) is 14.3. The topological polar surface area (TPSA) is 44.3 Å². The number of hydrogen-bond donors (Lipinski definition) is 1. The summed E-state index contributed by atoms with van der Waals surface area (Å²) in [4.78, 5) is 4.30. The molecule has 1 N–H and O–H groups in total. The molecule has 6 heteroatoms. The molecular formula is C18H24FN5. The number of nitrogens with one attached hydrogen (secondary N) is 1. The maximum Gasteiger partial charge on any atom is 0.128 e. The van der Waals surface area contributed by atoms with E-state index in [1.54, 1.807) is 6.07 Å². The van der Waals surface area contributed by atoms with Gasteiger partial charge in [-0.15, -0.1) is 0 Å². The summed E-state index contributed by atoms with van der Waals surface area (Å²) in [5.41, 5.74) is 3.10. The Kier molecular flexibility index (Phi) is 5.50. The van der Waals surface area contributed by atoms with Crippen LogP contribution in [-0.4, -0.2) is 60.3 Å². The second-order valence-corrected chi connectivity index (χ2v) is 6.48. The lowest BCUT2D eigenvalue weighted by atomic mass is 10.1. The van der Waals surface area contributed by atoms with Crippen molar-refractivity contribution in [1.29, 1.82) is 0 Å². The highest BCUT2D eigenvalue weighted by atomic mass is 19.1. The van der Waals surface area contributed by atoms with Crippen molar-refractivity contribution in [3.05, 3.63) is 47.4 Å². The van der Waals surface area contributed by atoms with Gasteiger partial charge in [0.25, 0.3) is 0 Å². The molecule has 1 aromatic heterocycles.